The summed E-state index contributed by atoms with van der Waals surface area (Å²) in [4.78, 5) is 12.3. The van der Waals surface area contributed by atoms with Crippen LogP contribution < -0.4 is 4.74 Å². The molecule has 2 aromatic carbocycles. The molecule has 0 unspecified atom stereocenters. The van der Waals surface area contributed by atoms with Crippen molar-refractivity contribution in [1.82, 2.24) is 0 Å². The minimum absolute atomic E-state index is 0.158. The van der Waals surface area contributed by atoms with Gasteiger partial charge in [0.2, 0.25) is 0 Å². The number of esters is 1. The first-order chi connectivity index (χ1) is 11.6. The Hall–Kier alpha value is -2.14. The van der Waals surface area contributed by atoms with Crippen LogP contribution in [0.5, 0.6) is 5.75 Å². The zero-order valence-corrected chi connectivity index (χ0v) is 14.4. The highest BCUT2D eigenvalue weighted by Crippen LogP contribution is 2.33. The van der Waals surface area contributed by atoms with Gasteiger partial charge in [0.25, 0.3) is 0 Å². The maximum absolute atomic E-state index is 12.3. The molecule has 0 aromatic heterocycles. The van der Waals surface area contributed by atoms with Crippen molar-refractivity contribution >= 4 is 16.8 Å². The zero-order chi connectivity index (χ0) is 16.9. The fourth-order valence-corrected chi connectivity index (χ4v) is 3.52. The van der Waals surface area contributed by atoms with E-state index in [0.717, 1.165) is 23.3 Å². The molecular weight excluding hydrogens is 324 g/mol. The second-order valence-corrected chi connectivity index (χ2v) is 7.32. The Bertz CT molecular complexity index is 757. The molecule has 126 valence electrons. The summed E-state index contributed by atoms with van der Waals surface area (Å²) in [6, 6.07) is 15.0. The van der Waals surface area contributed by atoms with Crippen molar-refractivity contribution in [3.8, 4) is 5.75 Å². The van der Waals surface area contributed by atoms with Gasteiger partial charge in [0, 0.05) is 34.3 Å². The summed E-state index contributed by atoms with van der Waals surface area (Å²) >= 11 is 0. The van der Waals surface area contributed by atoms with Crippen LogP contribution >= 0.6 is 0 Å². The molecule has 2 aromatic rings. The van der Waals surface area contributed by atoms with Gasteiger partial charge in [0.15, 0.2) is 0 Å². The number of hydrogen-bond donors (Lipinski definition) is 0. The zero-order valence-electron chi connectivity index (χ0n) is 13.6. The molecule has 5 heteroatoms. The summed E-state index contributed by atoms with van der Waals surface area (Å²) < 4.78 is 22.5. The normalized spacial score (nSPS) is 17.5. The summed E-state index contributed by atoms with van der Waals surface area (Å²) in [7, 11) is -0.937. The lowest BCUT2D eigenvalue weighted by molar-refractivity contribution is 0.0459. The number of carbonyl (C=O) groups excluding carboxylic acids is 1. The molecule has 0 fully saturated rings. The van der Waals surface area contributed by atoms with E-state index in [9.17, 15) is 9.00 Å². The lowest BCUT2D eigenvalue weighted by Gasteiger charge is -2.25. The third kappa shape index (κ3) is 4.03. The maximum atomic E-state index is 12.3. The number of carbonyl (C=O) groups is 1. The smallest absolute Gasteiger partial charge is 0.338 e. The van der Waals surface area contributed by atoms with Gasteiger partial charge in [-0.1, -0.05) is 30.3 Å². The van der Waals surface area contributed by atoms with Crippen molar-refractivity contribution in [3.63, 3.8) is 0 Å². The predicted molar refractivity (Wildman–Crippen MR) is 93.8 cm³/mol. The molecule has 1 aliphatic heterocycles. The fourth-order valence-electron chi connectivity index (χ4n) is 2.87. The molecule has 0 saturated heterocycles. The van der Waals surface area contributed by atoms with E-state index in [1.165, 1.54) is 0 Å². The van der Waals surface area contributed by atoms with Crippen LogP contribution in [0.4, 0.5) is 0 Å². The lowest BCUT2D eigenvalue weighted by atomic mass is 9.94. The predicted octanol–water partition coefficient (Wildman–Crippen LogP) is 3.29. The molecule has 0 saturated carbocycles. The Labute approximate surface area is 144 Å². The van der Waals surface area contributed by atoms with E-state index in [0.29, 0.717) is 24.5 Å². The number of rotatable bonds is 5. The highest BCUT2D eigenvalue weighted by molar-refractivity contribution is 7.83. The summed E-state index contributed by atoms with van der Waals surface area (Å²) in [5.41, 5.74) is 2.46. The topological polar surface area (TPSA) is 52.6 Å². The summed E-state index contributed by atoms with van der Waals surface area (Å²) in [5.74, 6) is 1.12. The molecule has 1 heterocycles. The molecule has 0 bridgehead atoms. The highest BCUT2D eigenvalue weighted by atomic mass is 32.2. The van der Waals surface area contributed by atoms with Gasteiger partial charge < -0.3 is 9.47 Å². The van der Waals surface area contributed by atoms with E-state index in [1.54, 1.807) is 24.5 Å². The minimum Gasteiger partial charge on any atom is -0.493 e. The van der Waals surface area contributed by atoms with Gasteiger partial charge in [-0.2, -0.15) is 0 Å². The lowest BCUT2D eigenvalue weighted by Crippen LogP contribution is -2.20. The van der Waals surface area contributed by atoms with E-state index >= 15 is 0 Å². The number of hydrogen-bond acceptors (Lipinski definition) is 4. The monoisotopic (exact) mass is 344 g/mol. The van der Waals surface area contributed by atoms with E-state index in [2.05, 4.69) is 0 Å². The quantitative estimate of drug-likeness (QED) is 0.781. The van der Waals surface area contributed by atoms with Crippen molar-refractivity contribution < 1.29 is 18.5 Å². The van der Waals surface area contributed by atoms with Crippen LogP contribution in [-0.2, 0) is 21.3 Å². The van der Waals surface area contributed by atoms with Crippen LogP contribution in [-0.4, -0.2) is 29.6 Å². The Morgan fingerprint density at radius 2 is 2.08 bits per heavy atom. The van der Waals surface area contributed by atoms with Crippen LogP contribution in [0.1, 0.15) is 33.8 Å². The summed E-state index contributed by atoms with van der Waals surface area (Å²) in [6.07, 6.45) is 2.48. The molecule has 4 nitrogen and oxygen atoms in total. The molecule has 0 amide bonds. The third-order valence-electron chi connectivity index (χ3n) is 4.03. The molecule has 0 radical (unpaired) electrons. The Balaban J connectivity index is 1.65. The van der Waals surface area contributed by atoms with Crippen LogP contribution in [0.2, 0.25) is 0 Å². The molecule has 0 aliphatic carbocycles. The van der Waals surface area contributed by atoms with Gasteiger partial charge in [-0.05, 0) is 30.2 Å². The van der Waals surface area contributed by atoms with Gasteiger partial charge >= 0.3 is 5.97 Å². The van der Waals surface area contributed by atoms with Crippen molar-refractivity contribution in [2.45, 2.75) is 18.1 Å². The first-order valence-corrected chi connectivity index (χ1v) is 9.64. The Kier molecular flexibility index (Phi) is 5.30. The van der Waals surface area contributed by atoms with E-state index in [1.807, 2.05) is 30.3 Å². The second-order valence-electron chi connectivity index (χ2n) is 5.89. The highest BCUT2D eigenvalue weighted by Gasteiger charge is 2.22. The van der Waals surface area contributed by atoms with E-state index in [-0.39, 0.29) is 11.9 Å². The van der Waals surface area contributed by atoms with Gasteiger partial charge in [0.05, 0.1) is 18.8 Å². The molecule has 0 spiro atoms. The minimum atomic E-state index is -0.937. The molecule has 2 atom stereocenters. The van der Waals surface area contributed by atoms with Gasteiger partial charge in [-0.15, -0.1) is 0 Å². The first kappa shape index (κ1) is 16.7. The Morgan fingerprint density at radius 1 is 1.25 bits per heavy atom. The van der Waals surface area contributed by atoms with Crippen molar-refractivity contribution in [1.29, 1.82) is 0 Å². The molecule has 1 aliphatic rings. The standard InChI is InChI=1S/C19H20O4S/c1-24(21)13-14-5-4-6-15(11-14)19(20)23-12-16-9-10-22-18-8-3-2-7-17(16)18/h2-8,11,16H,9-10,12-13H2,1H3/t16-,24-/m0/s1. The maximum Gasteiger partial charge on any atom is 0.338 e. The van der Waals surface area contributed by atoms with Crippen LogP contribution in [0.15, 0.2) is 48.5 Å². The average molecular weight is 344 g/mol. The number of ether oxygens (including phenoxy) is 2. The first-order valence-electron chi connectivity index (χ1n) is 7.91. The van der Waals surface area contributed by atoms with Crippen LogP contribution in [0.25, 0.3) is 0 Å². The van der Waals surface area contributed by atoms with Crippen LogP contribution in [0.3, 0.4) is 0 Å². The average Bonchev–Trinajstić information content (AvgIpc) is 2.59. The van der Waals surface area contributed by atoms with Gasteiger partial charge in [-0.3, -0.25) is 4.21 Å². The van der Waals surface area contributed by atoms with Crippen molar-refractivity contribution in [2.24, 2.45) is 0 Å². The summed E-state index contributed by atoms with van der Waals surface area (Å²) in [6.45, 7) is 0.972. The Morgan fingerprint density at radius 3 is 2.92 bits per heavy atom. The largest absolute Gasteiger partial charge is 0.493 e. The van der Waals surface area contributed by atoms with Crippen molar-refractivity contribution in [2.75, 3.05) is 19.5 Å². The molecule has 3 rings (SSSR count). The SMILES string of the molecule is C[S@](=O)Cc1cccc(C(=O)OC[C@@H]2CCOc3ccccc32)c1. The fraction of sp³-hybridized carbons (Fsp3) is 0.316. The number of para-hydroxylation sites is 1. The van der Waals surface area contributed by atoms with Gasteiger partial charge in [0.1, 0.15) is 5.75 Å². The number of fused-ring (bicyclic) bond motifs is 1. The molecule has 24 heavy (non-hydrogen) atoms. The van der Waals surface area contributed by atoms with Gasteiger partial charge in [-0.25, -0.2) is 4.79 Å². The van der Waals surface area contributed by atoms with Crippen molar-refractivity contribution in [3.05, 3.63) is 65.2 Å². The molecule has 0 N–H and O–H groups in total. The number of benzene rings is 2. The van der Waals surface area contributed by atoms with E-state index in [4.69, 9.17) is 9.47 Å². The van der Waals surface area contributed by atoms with Crippen LogP contribution in [0, 0.1) is 0 Å². The third-order valence-corrected chi connectivity index (χ3v) is 4.77. The second kappa shape index (κ2) is 7.62. The van der Waals surface area contributed by atoms with E-state index < -0.39 is 10.8 Å². The summed E-state index contributed by atoms with van der Waals surface area (Å²) in [5, 5.41) is 0. The molecular formula is C19H20O4S.